The molecular formula is C13H23N3O. The van der Waals surface area contributed by atoms with Crippen LogP contribution in [-0.4, -0.2) is 11.6 Å². The van der Waals surface area contributed by atoms with Crippen molar-refractivity contribution >= 4 is 5.82 Å². The molecule has 96 valence electrons. The molecule has 0 saturated carbocycles. The fourth-order valence-corrected chi connectivity index (χ4v) is 1.59. The Morgan fingerprint density at radius 3 is 2.71 bits per heavy atom. The third-order valence-electron chi connectivity index (χ3n) is 2.63. The van der Waals surface area contributed by atoms with E-state index >= 15 is 0 Å². The van der Waals surface area contributed by atoms with Gasteiger partial charge in [-0.3, -0.25) is 0 Å². The second-order valence-electron chi connectivity index (χ2n) is 4.16. The summed E-state index contributed by atoms with van der Waals surface area (Å²) in [5.74, 6) is 5.91. The van der Waals surface area contributed by atoms with Crippen LogP contribution in [0.15, 0.2) is 18.3 Å². The maximum absolute atomic E-state index is 5.58. The van der Waals surface area contributed by atoms with Crippen molar-refractivity contribution in [2.45, 2.75) is 45.6 Å². The van der Waals surface area contributed by atoms with Crippen molar-refractivity contribution in [1.82, 2.24) is 4.98 Å². The fraction of sp³-hybridized carbons (Fsp3) is 0.615. The Hall–Kier alpha value is -1.13. The van der Waals surface area contributed by atoms with Gasteiger partial charge in [-0.05, 0) is 18.1 Å². The molecule has 0 unspecified atom stereocenters. The highest BCUT2D eigenvalue weighted by Crippen LogP contribution is 2.06. The van der Waals surface area contributed by atoms with Crippen molar-refractivity contribution in [2.24, 2.45) is 5.84 Å². The number of hydrogen-bond donors (Lipinski definition) is 2. The quantitative estimate of drug-likeness (QED) is 0.394. The molecule has 4 heteroatoms. The van der Waals surface area contributed by atoms with Crippen molar-refractivity contribution in [1.29, 1.82) is 0 Å². The van der Waals surface area contributed by atoms with Gasteiger partial charge < -0.3 is 10.2 Å². The Morgan fingerprint density at radius 2 is 2.06 bits per heavy atom. The van der Waals surface area contributed by atoms with Crippen LogP contribution in [0.5, 0.6) is 0 Å². The number of hydrazine groups is 1. The van der Waals surface area contributed by atoms with Crippen molar-refractivity contribution in [3.05, 3.63) is 23.9 Å². The molecule has 0 aliphatic carbocycles. The first-order chi connectivity index (χ1) is 8.36. The van der Waals surface area contributed by atoms with E-state index in [9.17, 15) is 0 Å². The van der Waals surface area contributed by atoms with Crippen LogP contribution >= 0.6 is 0 Å². The summed E-state index contributed by atoms with van der Waals surface area (Å²) in [5, 5.41) is 0. The molecule has 0 aliphatic heterocycles. The second-order valence-corrected chi connectivity index (χ2v) is 4.16. The van der Waals surface area contributed by atoms with Gasteiger partial charge in [-0.15, -0.1) is 0 Å². The number of nitrogens with two attached hydrogens (primary N) is 1. The van der Waals surface area contributed by atoms with Crippen molar-refractivity contribution in [3.8, 4) is 0 Å². The molecule has 0 amide bonds. The average molecular weight is 237 g/mol. The molecule has 0 aliphatic rings. The molecule has 1 rings (SSSR count). The minimum Gasteiger partial charge on any atom is -0.377 e. The van der Waals surface area contributed by atoms with Gasteiger partial charge in [0.1, 0.15) is 5.82 Å². The molecule has 0 radical (unpaired) electrons. The number of rotatable bonds is 9. The smallest absolute Gasteiger partial charge is 0.139 e. The van der Waals surface area contributed by atoms with Crippen LogP contribution in [0.1, 0.15) is 44.6 Å². The van der Waals surface area contributed by atoms with E-state index in [0.29, 0.717) is 12.4 Å². The highest BCUT2D eigenvalue weighted by Gasteiger charge is 1.95. The zero-order chi connectivity index (χ0) is 12.3. The van der Waals surface area contributed by atoms with Gasteiger partial charge in [-0.2, -0.15) is 0 Å². The van der Waals surface area contributed by atoms with Crippen LogP contribution in [-0.2, 0) is 11.3 Å². The molecule has 17 heavy (non-hydrogen) atoms. The van der Waals surface area contributed by atoms with Gasteiger partial charge in [0.25, 0.3) is 0 Å². The predicted octanol–water partition coefficient (Wildman–Crippen LogP) is 2.85. The largest absolute Gasteiger partial charge is 0.377 e. The highest BCUT2D eigenvalue weighted by atomic mass is 16.5. The van der Waals surface area contributed by atoms with Gasteiger partial charge in [0.05, 0.1) is 6.61 Å². The number of nitrogen functional groups attached to an aromatic ring is 1. The Morgan fingerprint density at radius 1 is 1.24 bits per heavy atom. The monoisotopic (exact) mass is 237 g/mol. The van der Waals surface area contributed by atoms with E-state index in [1.807, 2.05) is 12.1 Å². The standard InChI is InChI=1S/C13H23N3O/c1-2-3-4-5-6-9-17-11-12-7-8-13(16-14)15-10-12/h7-8,10H,2-6,9,11,14H2,1H3,(H,15,16). The van der Waals surface area contributed by atoms with Crippen molar-refractivity contribution in [2.75, 3.05) is 12.0 Å². The number of pyridine rings is 1. The lowest BCUT2D eigenvalue weighted by Gasteiger charge is -2.05. The number of nitrogens with one attached hydrogen (secondary N) is 1. The summed E-state index contributed by atoms with van der Waals surface area (Å²) in [4.78, 5) is 4.12. The number of aromatic nitrogens is 1. The maximum atomic E-state index is 5.58. The number of nitrogens with zero attached hydrogens (tertiary/aromatic N) is 1. The van der Waals surface area contributed by atoms with E-state index in [1.165, 1.54) is 25.7 Å². The summed E-state index contributed by atoms with van der Waals surface area (Å²) in [6.07, 6.45) is 8.13. The molecule has 1 heterocycles. The van der Waals surface area contributed by atoms with Gasteiger partial charge in [0, 0.05) is 12.8 Å². The summed E-state index contributed by atoms with van der Waals surface area (Å²) in [6.45, 7) is 3.69. The second kappa shape index (κ2) is 8.96. The Labute approximate surface area is 104 Å². The van der Waals surface area contributed by atoms with Gasteiger partial charge in [0.15, 0.2) is 0 Å². The number of unbranched alkanes of at least 4 members (excludes halogenated alkanes) is 4. The molecule has 4 nitrogen and oxygen atoms in total. The first-order valence-electron chi connectivity index (χ1n) is 6.36. The molecule has 0 fully saturated rings. The van der Waals surface area contributed by atoms with E-state index < -0.39 is 0 Å². The normalized spacial score (nSPS) is 10.5. The summed E-state index contributed by atoms with van der Waals surface area (Å²) < 4.78 is 5.58. The summed E-state index contributed by atoms with van der Waals surface area (Å²) in [7, 11) is 0. The molecule has 0 saturated heterocycles. The van der Waals surface area contributed by atoms with E-state index in [1.54, 1.807) is 6.20 Å². The average Bonchev–Trinajstić information content (AvgIpc) is 2.38. The molecule has 1 aromatic heterocycles. The first kappa shape index (κ1) is 13.9. The van der Waals surface area contributed by atoms with Crippen LogP contribution in [0.4, 0.5) is 5.82 Å². The van der Waals surface area contributed by atoms with E-state index in [0.717, 1.165) is 18.6 Å². The third kappa shape index (κ3) is 6.24. The molecule has 0 aromatic carbocycles. The topological polar surface area (TPSA) is 60.2 Å². The van der Waals surface area contributed by atoms with Crippen LogP contribution in [0.2, 0.25) is 0 Å². The lowest BCUT2D eigenvalue weighted by Crippen LogP contribution is -2.08. The molecule has 0 spiro atoms. The van der Waals surface area contributed by atoms with Crippen LogP contribution in [0, 0.1) is 0 Å². The SMILES string of the molecule is CCCCCCCOCc1ccc(NN)nc1. The molecular weight excluding hydrogens is 214 g/mol. The van der Waals surface area contributed by atoms with E-state index in [4.69, 9.17) is 10.6 Å². The van der Waals surface area contributed by atoms with Crippen molar-refractivity contribution < 1.29 is 4.74 Å². The molecule has 1 aromatic rings. The first-order valence-corrected chi connectivity index (χ1v) is 6.36. The zero-order valence-electron chi connectivity index (χ0n) is 10.6. The lowest BCUT2D eigenvalue weighted by atomic mass is 10.2. The minimum absolute atomic E-state index is 0.631. The number of hydrogen-bond acceptors (Lipinski definition) is 4. The number of anilines is 1. The highest BCUT2D eigenvalue weighted by molar-refractivity contribution is 5.33. The maximum Gasteiger partial charge on any atom is 0.139 e. The molecule has 0 bridgehead atoms. The number of ether oxygens (including phenoxy) is 1. The Bertz CT molecular complexity index is 287. The minimum atomic E-state index is 0.631. The van der Waals surface area contributed by atoms with Crippen LogP contribution in [0.25, 0.3) is 0 Å². The third-order valence-corrected chi connectivity index (χ3v) is 2.63. The van der Waals surface area contributed by atoms with Gasteiger partial charge in [0.2, 0.25) is 0 Å². The Balaban J connectivity index is 2.05. The van der Waals surface area contributed by atoms with Gasteiger partial charge in [-0.25, -0.2) is 10.8 Å². The van der Waals surface area contributed by atoms with Crippen LogP contribution in [0.3, 0.4) is 0 Å². The van der Waals surface area contributed by atoms with Crippen molar-refractivity contribution in [3.63, 3.8) is 0 Å². The fourth-order valence-electron chi connectivity index (χ4n) is 1.59. The van der Waals surface area contributed by atoms with Gasteiger partial charge >= 0.3 is 0 Å². The summed E-state index contributed by atoms with van der Waals surface area (Å²) in [6, 6.07) is 3.82. The zero-order valence-corrected chi connectivity index (χ0v) is 10.6. The van der Waals surface area contributed by atoms with E-state index in [2.05, 4.69) is 17.3 Å². The lowest BCUT2D eigenvalue weighted by molar-refractivity contribution is 0.116. The van der Waals surface area contributed by atoms with E-state index in [-0.39, 0.29) is 0 Å². The van der Waals surface area contributed by atoms with Crippen LogP contribution < -0.4 is 11.3 Å². The summed E-state index contributed by atoms with van der Waals surface area (Å²) in [5.41, 5.74) is 3.58. The molecule has 0 atom stereocenters. The predicted molar refractivity (Wildman–Crippen MR) is 70.5 cm³/mol. The van der Waals surface area contributed by atoms with Gasteiger partial charge in [-0.1, -0.05) is 38.7 Å². The summed E-state index contributed by atoms with van der Waals surface area (Å²) >= 11 is 0. The Kier molecular flexibility index (Phi) is 7.34. The molecule has 3 N–H and O–H groups in total.